The summed E-state index contributed by atoms with van der Waals surface area (Å²) in [6.07, 6.45) is 7.93. The largest absolute Gasteiger partial charge is 0.333 e. The summed E-state index contributed by atoms with van der Waals surface area (Å²) in [6.45, 7) is 3.58. The van der Waals surface area contributed by atoms with Crippen LogP contribution in [0.25, 0.3) is 5.52 Å². The van der Waals surface area contributed by atoms with Crippen LogP contribution < -0.4 is 0 Å². The third-order valence-electron chi connectivity index (χ3n) is 4.09. The zero-order valence-corrected chi connectivity index (χ0v) is 11.6. The molecule has 104 valence electrons. The lowest BCUT2D eigenvalue weighted by molar-refractivity contribution is 0.209. The highest BCUT2D eigenvalue weighted by molar-refractivity contribution is 5.65. The maximum absolute atomic E-state index is 9.46. The van der Waals surface area contributed by atoms with E-state index in [4.69, 9.17) is 0 Å². The fourth-order valence-electron chi connectivity index (χ4n) is 3.03. The van der Waals surface area contributed by atoms with Gasteiger partial charge in [-0.1, -0.05) is 6.07 Å². The summed E-state index contributed by atoms with van der Waals surface area (Å²) in [6, 6.07) is 8.30. The predicted octanol–water partition coefficient (Wildman–Crippen LogP) is 2.02. The summed E-state index contributed by atoms with van der Waals surface area (Å²) in [5, 5.41) is 9.46. The minimum absolute atomic E-state index is 0.782. The van der Waals surface area contributed by atoms with E-state index in [2.05, 4.69) is 26.7 Å². The topological polar surface area (TPSA) is 49.3 Å². The number of pyridine rings is 1. The highest BCUT2D eigenvalue weighted by Crippen LogP contribution is 2.21. The molecule has 0 amide bonds. The molecule has 4 heterocycles. The minimum atomic E-state index is 0.782. The van der Waals surface area contributed by atoms with E-state index in [0.717, 1.165) is 48.6 Å². The molecule has 3 aromatic heterocycles. The van der Waals surface area contributed by atoms with Gasteiger partial charge in [-0.05, 0) is 12.1 Å². The van der Waals surface area contributed by atoms with E-state index >= 15 is 0 Å². The molecule has 5 nitrogen and oxygen atoms in total. The molecular formula is C16H15N5. The number of rotatable bonds is 2. The highest BCUT2D eigenvalue weighted by atomic mass is 15.2. The van der Waals surface area contributed by atoms with Crippen LogP contribution in [0.1, 0.15) is 17.0 Å². The Morgan fingerprint density at radius 3 is 3.10 bits per heavy atom. The van der Waals surface area contributed by atoms with Crippen LogP contribution in [0.4, 0.5) is 0 Å². The van der Waals surface area contributed by atoms with Crippen LogP contribution in [-0.2, 0) is 19.6 Å². The Bertz CT molecular complexity index is 836. The zero-order valence-electron chi connectivity index (χ0n) is 11.6. The molecule has 0 saturated heterocycles. The Morgan fingerprint density at radius 2 is 2.19 bits per heavy atom. The van der Waals surface area contributed by atoms with Crippen molar-refractivity contribution in [3.05, 3.63) is 59.9 Å². The molecule has 0 bridgehead atoms. The van der Waals surface area contributed by atoms with Gasteiger partial charge in [-0.15, -0.1) is 0 Å². The van der Waals surface area contributed by atoms with Gasteiger partial charge < -0.3 is 8.97 Å². The molecule has 0 spiro atoms. The van der Waals surface area contributed by atoms with Crippen molar-refractivity contribution in [1.29, 1.82) is 5.26 Å². The van der Waals surface area contributed by atoms with E-state index in [1.165, 1.54) is 0 Å². The lowest BCUT2D eigenvalue weighted by Gasteiger charge is -2.27. The third-order valence-corrected chi connectivity index (χ3v) is 4.09. The normalized spacial score (nSPS) is 15.0. The molecule has 0 fully saturated rings. The number of hydrogen-bond donors (Lipinski definition) is 0. The molecule has 0 radical (unpaired) electrons. The smallest absolute Gasteiger partial charge is 0.122 e. The molecule has 5 heteroatoms. The van der Waals surface area contributed by atoms with Crippen molar-refractivity contribution < 1.29 is 0 Å². The molecule has 21 heavy (non-hydrogen) atoms. The van der Waals surface area contributed by atoms with Crippen LogP contribution in [-0.4, -0.2) is 25.4 Å². The van der Waals surface area contributed by atoms with Gasteiger partial charge in [0.2, 0.25) is 0 Å². The Balaban J connectivity index is 1.65. The van der Waals surface area contributed by atoms with Gasteiger partial charge >= 0.3 is 0 Å². The van der Waals surface area contributed by atoms with E-state index in [0.29, 0.717) is 0 Å². The highest BCUT2D eigenvalue weighted by Gasteiger charge is 2.19. The lowest BCUT2D eigenvalue weighted by atomic mass is 10.1. The Labute approximate surface area is 122 Å². The van der Waals surface area contributed by atoms with Gasteiger partial charge in [-0.25, -0.2) is 4.98 Å². The maximum atomic E-state index is 9.46. The van der Waals surface area contributed by atoms with Crippen LogP contribution in [0.15, 0.2) is 43.0 Å². The first kappa shape index (κ1) is 12.2. The molecule has 1 aliphatic rings. The molecule has 0 unspecified atom stereocenters. The fourth-order valence-corrected chi connectivity index (χ4v) is 3.03. The van der Waals surface area contributed by atoms with Crippen LogP contribution >= 0.6 is 0 Å². The molecule has 0 aliphatic carbocycles. The van der Waals surface area contributed by atoms with Crippen molar-refractivity contribution in [1.82, 2.24) is 18.9 Å². The van der Waals surface area contributed by atoms with Gasteiger partial charge in [0.25, 0.3) is 0 Å². The minimum Gasteiger partial charge on any atom is -0.333 e. The van der Waals surface area contributed by atoms with Crippen molar-refractivity contribution in [2.24, 2.45) is 0 Å². The molecule has 4 rings (SSSR count). The summed E-state index contributed by atoms with van der Waals surface area (Å²) in [4.78, 5) is 6.73. The van der Waals surface area contributed by atoms with E-state index in [1.807, 2.05) is 41.2 Å². The summed E-state index contributed by atoms with van der Waals surface area (Å²) >= 11 is 0. The van der Waals surface area contributed by atoms with Crippen LogP contribution in [0.5, 0.6) is 0 Å². The quantitative estimate of drug-likeness (QED) is 0.720. The van der Waals surface area contributed by atoms with E-state index in [1.54, 1.807) is 0 Å². The Kier molecular flexibility index (Phi) is 2.76. The number of nitriles is 1. The fraction of sp³-hybridized carbons (Fsp3) is 0.250. The van der Waals surface area contributed by atoms with Crippen LogP contribution in [0.3, 0.4) is 0 Å². The molecule has 0 aromatic carbocycles. The number of nitrogens with zero attached hydrogens (tertiary/aromatic N) is 5. The van der Waals surface area contributed by atoms with Gasteiger partial charge in [0, 0.05) is 50.0 Å². The van der Waals surface area contributed by atoms with Gasteiger partial charge in [0.1, 0.15) is 11.9 Å². The molecule has 3 aromatic rings. The first-order valence-corrected chi connectivity index (χ1v) is 7.06. The van der Waals surface area contributed by atoms with Crippen molar-refractivity contribution >= 4 is 5.52 Å². The SMILES string of the molecule is N#Cc1c(CN2CCn3ccnc3C2)cn2ccccc12. The Hall–Kier alpha value is -2.58. The Morgan fingerprint density at radius 1 is 1.24 bits per heavy atom. The molecular weight excluding hydrogens is 262 g/mol. The van der Waals surface area contributed by atoms with E-state index < -0.39 is 0 Å². The second kappa shape index (κ2) is 4.76. The third kappa shape index (κ3) is 2.01. The van der Waals surface area contributed by atoms with Gasteiger partial charge in [-0.3, -0.25) is 4.90 Å². The molecule has 0 atom stereocenters. The average Bonchev–Trinajstić information content (AvgIpc) is 3.10. The van der Waals surface area contributed by atoms with Crippen LogP contribution in [0, 0.1) is 11.3 Å². The van der Waals surface area contributed by atoms with Gasteiger partial charge in [0.15, 0.2) is 0 Å². The first-order chi connectivity index (χ1) is 10.3. The predicted molar refractivity (Wildman–Crippen MR) is 78.5 cm³/mol. The van der Waals surface area contributed by atoms with E-state index in [9.17, 15) is 5.26 Å². The monoisotopic (exact) mass is 277 g/mol. The second-order valence-electron chi connectivity index (χ2n) is 5.38. The molecule has 0 saturated carbocycles. The standard InChI is InChI=1S/C16H15N5/c17-9-14-13(11-21-5-2-1-3-15(14)21)10-19-7-8-20-6-4-18-16(20)12-19/h1-6,11H,7-8,10,12H2. The van der Waals surface area contributed by atoms with Crippen molar-refractivity contribution in [2.75, 3.05) is 6.54 Å². The summed E-state index contributed by atoms with van der Waals surface area (Å²) < 4.78 is 4.22. The van der Waals surface area contributed by atoms with E-state index in [-0.39, 0.29) is 0 Å². The first-order valence-electron chi connectivity index (χ1n) is 7.06. The van der Waals surface area contributed by atoms with Gasteiger partial charge in [0.05, 0.1) is 17.6 Å². The van der Waals surface area contributed by atoms with Crippen molar-refractivity contribution in [3.8, 4) is 6.07 Å². The lowest BCUT2D eigenvalue weighted by Crippen LogP contribution is -2.33. The van der Waals surface area contributed by atoms with Crippen LogP contribution in [0.2, 0.25) is 0 Å². The van der Waals surface area contributed by atoms with Crippen molar-refractivity contribution in [2.45, 2.75) is 19.6 Å². The maximum Gasteiger partial charge on any atom is 0.122 e. The number of fused-ring (bicyclic) bond motifs is 2. The van der Waals surface area contributed by atoms with Gasteiger partial charge in [-0.2, -0.15) is 5.26 Å². The zero-order chi connectivity index (χ0) is 14.2. The summed E-state index contributed by atoms with van der Waals surface area (Å²) in [7, 11) is 0. The number of aromatic nitrogens is 3. The second-order valence-corrected chi connectivity index (χ2v) is 5.38. The van der Waals surface area contributed by atoms with Crippen molar-refractivity contribution in [3.63, 3.8) is 0 Å². The number of imidazole rings is 1. The summed E-state index contributed by atoms with van der Waals surface area (Å²) in [5.74, 6) is 1.10. The average molecular weight is 277 g/mol. The molecule has 0 N–H and O–H groups in total. The molecule has 1 aliphatic heterocycles. The number of hydrogen-bond acceptors (Lipinski definition) is 3. The summed E-state index contributed by atoms with van der Waals surface area (Å²) in [5.41, 5.74) is 2.85.